The van der Waals surface area contributed by atoms with Gasteiger partial charge in [-0.15, -0.1) is 0 Å². The Bertz CT molecular complexity index is 215. The standard InChI is InChI=1S/C13H26N2O2/c1-3-4-11(2)15-13(16)9-14-7-5-12-6-8-17-10-12/h11-12,14H,3-10H2,1-2H3,(H,15,16). The molecule has 2 atom stereocenters. The fourth-order valence-electron chi connectivity index (χ4n) is 2.15. The van der Waals surface area contributed by atoms with Gasteiger partial charge in [0.05, 0.1) is 6.54 Å². The third kappa shape index (κ3) is 6.64. The molecule has 1 heterocycles. The van der Waals surface area contributed by atoms with Gasteiger partial charge in [-0.05, 0) is 38.6 Å². The van der Waals surface area contributed by atoms with Crippen LogP contribution in [0.25, 0.3) is 0 Å². The maximum Gasteiger partial charge on any atom is 0.234 e. The lowest BCUT2D eigenvalue weighted by molar-refractivity contribution is -0.120. The Kier molecular flexibility index (Phi) is 7.21. The highest BCUT2D eigenvalue weighted by Gasteiger charge is 2.14. The summed E-state index contributed by atoms with van der Waals surface area (Å²) in [4.78, 5) is 11.5. The van der Waals surface area contributed by atoms with E-state index in [9.17, 15) is 4.79 Å². The topological polar surface area (TPSA) is 50.4 Å². The zero-order valence-electron chi connectivity index (χ0n) is 11.1. The van der Waals surface area contributed by atoms with E-state index in [1.807, 2.05) is 0 Å². The van der Waals surface area contributed by atoms with E-state index in [1.165, 1.54) is 6.42 Å². The largest absolute Gasteiger partial charge is 0.381 e. The highest BCUT2D eigenvalue weighted by atomic mass is 16.5. The van der Waals surface area contributed by atoms with Crippen LogP contribution < -0.4 is 10.6 Å². The summed E-state index contributed by atoms with van der Waals surface area (Å²) in [5.41, 5.74) is 0. The number of nitrogens with one attached hydrogen (secondary N) is 2. The Hall–Kier alpha value is -0.610. The third-order valence-corrected chi connectivity index (χ3v) is 3.17. The van der Waals surface area contributed by atoms with Gasteiger partial charge in [-0.25, -0.2) is 0 Å². The Balaban J connectivity index is 1.95. The number of carbonyl (C=O) groups is 1. The molecule has 17 heavy (non-hydrogen) atoms. The van der Waals surface area contributed by atoms with Crippen LogP contribution in [-0.2, 0) is 9.53 Å². The molecule has 0 spiro atoms. The fourth-order valence-corrected chi connectivity index (χ4v) is 2.15. The van der Waals surface area contributed by atoms with E-state index in [2.05, 4.69) is 24.5 Å². The summed E-state index contributed by atoms with van der Waals surface area (Å²) in [5, 5.41) is 6.18. The summed E-state index contributed by atoms with van der Waals surface area (Å²) < 4.78 is 5.31. The number of carbonyl (C=O) groups excluding carboxylic acids is 1. The number of amides is 1. The smallest absolute Gasteiger partial charge is 0.234 e. The molecule has 2 N–H and O–H groups in total. The predicted molar refractivity (Wildman–Crippen MR) is 68.9 cm³/mol. The van der Waals surface area contributed by atoms with Gasteiger partial charge in [0, 0.05) is 19.3 Å². The molecule has 2 unspecified atom stereocenters. The third-order valence-electron chi connectivity index (χ3n) is 3.17. The van der Waals surface area contributed by atoms with Crippen LogP contribution in [0.5, 0.6) is 0 Å². The lowest BCUT2D eigenvalue weighted by Crippen LogP contribution is -2.39. The maximum atomic E-state index is 11.5. The molecule has 0 bridgehead atoms. The summed E-state index contributed by atoms with van der Waals surface area (Å²) in [5.74, 6) is 0.790. The van der Waals surface area contributed by atoms with Crippen LogP contribution in [0.15, 0.2) is 0 Å². The van der Waals surface area contributed by atoms with Crippen LogP contribution in [-0.4, -0.2) is 38.3 Å². The van der Waals surface area contributed by atoms with Crippen molar-refractivity contribution in [1.29, 1.82) is 0 Å². The molecule has 100 valence electrons. The van der Waals surface area contributed by atoms with E-state index in [0.29, 0.717) is 12.5 Å². The normalized spacial score (nSPS) is 21.4. The van der Waals surface area contributed by atoms with Crippen molar-refractivity contribution in [3.05, 3.63) is 0 Å². The minimum atomic E-state index is 0.105. The molecule has 4 nitrogen and oxygen atoms in total. The van der Waals surface area contributed by atoms with Crippen molar-refractivity contribution in [3.8, 4) is 0 Å². The van der Waals surface area contributed by atoms with E-state index in [0.717, 1.165) is 39.0 Å². The lowest BCUT2D eigenvalue weighted by atomic mass is 10.1. The summed E-state index contributed by atoms with van der Waals surface area (Å²) in [6, 6.07) is 0.289. The number of hydrogen-bond acceptors (Lipinski definition) is 3. The van der Waals surface area contributed by atoms with Crippen LogP contribution in [0.1, 0.15) is 39.5 Å². The number of hydrogen-bond donors (Lipinski definition) is 2. The molecule has 1 aliphatic rings. The molecule has 0 aliphatic carbocycles. The SMILES string of the molecule is CCCC(C)NC(=O)CNCCC1CCOC1. The minimum Gasteiger partial charge on any atom is -0.381 e. The first kappa shape index (κ1) is 14.5. The predicted octanol–water partition coefficient (Wildman–Crippen LogP) is 1.31. The highest BCUT2D eigenvalue weighted by Crippen LogP contribution is 2.14. The Morgan fingerprint density at radius 1 is 1.53 bits per heavy atom. The van der Waals surface area contributed by atoms with Gasteiger partial charge >= 0.3 is 0 Å². The summed E-state index contributed by atoms with van der Waals surface area (Å²) in [6.45, 7) is 7.31. The first-order valence-electron chi connectivity index (χ1n) is 6.80. The first-order chi connectivity index (χ1) is 8.22. The van der Waals surface area contributed by atoms with Gasteiger partial charge in [-0.3, -0.25) is 4.79 Å². The monoisotopic (exact) mass is 242 g/mol. The highest BCUT2D eigenvalue weighted by molar-refractivity contribution is 5.78. The summed E-state index contributed by atoms with van der Waals surface area (Å²) in [7, 11) is 0. The van der Waals surface area contributed by atoms with E-state index in [4.69, 9.17) is 4.74 Å². The lowest BCUT2D eigenvalue weighted by Gasteiger charge is -2.13. The van der Waals surface area contributed by atoms with Crippen molar-refractivity contribution in [2.24, 2.45) is 5.92 Å². The Morgan fingerprint density at radius 3 is 3.00 bits per heavy atom. The average Bonchev–Trinajstić information content (AvgIpc) is 2.77. The van der Waals surface area contributed by atoms with Crippen molar-refractivity contribution >= 4 is 5.91 Å². The number of rotatable bonds is 8. The molecule has 1 rings (SSSR count). The van der Waals surface area contributed by atoms with Crippen LogP contribution in [0, 0.1) is 5.92 Å². The second-order valence-electron chi connectivity index (χ2n) is 4.95. The van der Waals surface area contributed by atoms with Gasteiger partial charge in [0.25, 0.3) is 0 Å². The molecule has 1 aliphatic heterocycles. The van der Waals surface area contributed by atoms with Gasteiger partial charge in [0.2, 0.25) is 5.91 Å². The second-order valence-corrected chi connectivity index (χ2v) is 4.95. The second kappa shape index (κ2) is 8.48. The number of ether oxygens (including phenoxy) is 1. The zero-order chi connectivity index (χ0) is 12.5. The zero-order valence-corrected chi connectivity index (χ0v) is 11.1. The quantitative estimate of drug-likeness (QED) is 0.631. The van der Waals surface area contributed by atoms with Crippen LogP contribution in [0.3, 0.4) is 0 Å². The van der Waals surface area contributed by atoms with E-state index in [-0.39, 0.29) is 11.9 Å². The molecular weight excluding hydrogens is 216 g/mol. The van der Waals surface area contributed by atoms with Gasteiger partial charge in [-0.2, -0.15) is 0 Å². The first-order valence-corrected chi connectivity index (χ1v) is 6.80. The molecule has 0 aromatic rings. The van der Waals surface area contributed by atoms with Gasteiger partial charge in [-0.1, -0.05) is 13.3 Å². The molecule has 1 fully saturated rings. The average molecular weight is 242 g/mol. The molecule has 0 aromatic carbocycles. The van der Waals surface area contributed by atoms with Crippen LogP contribution >= 0.6 is 0 Å². The Labute approximate surface area is 104 Å². The molecule has 0 radical (unpaired) electrons. The van der Waals surface area contributed by atoms with E-state index < -0.39 is 0 Å². The Morgan fingerprint density at radius 2 is 2.35 bits per heavy atom. The van der Waals surface area contributed by atoms with Crippen molar-refractivity contribution in [3.63, 3.8) is 0 Å². The minimum absolute atomic E-state index is 0.105. The summed E-state index contributed by atoms with van der Waals surface area (Å²) >= 11 is 0. The van der Waals surface area contributed by atoms with E-state index in [1.54, 1.807) is 0 Å². The molecular formula is C13H26N2O2. The molecule has 1 amide bonds. The molecule has 1 saturated heterocycles. The maximum absolute atomic E-state index is 11.5. The van der Waals surface area contributed by atoms with Crippen LogP contribution in [0.2, 0.25) is 0 Å². The van der Waals surface area contributed by atoms with Gasteiger partial charge < -0.3 is 15.4 Å². The van der Waals surface area contributed by atoms with Crippen molar-refractivity contribution in [1.82, 2.24) is 10.6 Å². The van der Waals surface area contributed by atoms with Crippen molar-refractivity contribution < 1.29 is 9.53 Å². The van der Waals surface area contributed by atoms with E-state index >= 15 is 0 Å². The molecule has 0 saturated carbocycles. The van der Waals surface area contributed by atoms with Crippen molar-refractivity contribution in [2.45, 2.75) is 45.6 Å². The van der Waals surface area contributed by atoms with Crippen molar-refractivity contribution in [2.75, 3.05) is 26.3 Å². The summed E-state index contributed by atoms with van der Waals surface area (Å²) in [6.07, 6.45) is 4.43. The molecule has 4 heteroatoms. The van der Waals surface area contributed by atoms with Gasteiger partial charge in [0.15, 0.2) is 0 Å². The van der Waals surface area contributed by atoms with Crippen LogP contribution in [0.4, 0.5) is 0 Å². The van der Waals surface area contributed by atoms with Gasteiger partial charge in [0.1, 0.15) is 0 Å². The fraction of sp³-hybridized carbons (Fsp3) is 0.923. The molecule has 0 aromatic heterocycles.